The molecule has 0 N–H and O–H groups in total. The molecule has 0 aliphatic heterocycles. The predicted octanol–water partition coefficient (Wildman–Crippen LogP) is 2.39. The second kappa shape index (κ2) is 8.38. The predicted molar refractivity (Wildman–Crippen MR) is 62.9 cm³/mol. The molecule has 1 radical (unpaired) electrons. The minimum absolute atomic E-state index is 0.256. The van der Waals surface area contributed by atoms with Gasteiger partial charge in [-0.1, -0.05) is 18.1 Å². The van der Waals surface area contributed by atoms with E-state index in [1.807, 2.05) is 12.2 Å². The van der Waals surface area contributed by atoms with Crippen molar-refractivity contribution in [1.82, 2.24) is 0 Å². The summed E-state index contributed by atoms with van der Waals surface area (Å²) in [5, 5.41) is 0. The lowest BCUT2D eigenvalue weighted by Gasteiger charge is -2.16. The molecule has 0 aliphatic carbocycles. The third-order valence-electron chi connectivity index (χ3n) is 1.54. The maximum absolute atomic E-state index is 5.70. The van der Waals surface area contributed by atoms with Crippen LogP contribution in [-0.4, -0.2) is 15.1 Å². The van der Waals surface area contributed by atoms with Crippen LogP contribution in [0.25, 0.3) is 0 Å². The summed E-state index contributed by atoms with van der Waals surface area (Å²) in [6.45, 7) is 7.36. The van der Waals surface area contributed by atoms with Gasteiger partial charge in [-0.15, -0.1) is 31.9 Å². The summed E-state index contributed by atoms with van der Waals surface area (Å²) < 4.78 is 5.70. The molecule has 0 amide bonds. The highest BCUT2D eigenvalue weighted by Gasteiger charge is 2.14. The zero-order valence-corrected chi connectivity index (χ0v) is 9.33. The van der Waals surface area contributed by atoms with Crippen molar-refractivity contribution in [3.63, 3.8) is 0 Å². The molecule has 0 bridgehead atoms. The van der Waals surface area contributed by atoms with Crippen molar-refractivity contribution in [2.45, 2.75) is 24.6 Å². The Bertz CT molecular complexity index is 246. The van der Waals surface area contributed by atoms with Crippen molar-refractivity contribution >= 4 is 9.04 Å². The Labute approximate surface area is 88.6 Å². The van der Waals surface area contributed by atoms with Crippen molar-refractivity contribution in [3.8, 4) is 24.7 Å². The number of hydrogen-bond donors (Lipinski definition) is 0. The number of terminal acetylenes is 2. The highest BCUT2D eigenvalue weighted by Crippen LogP contribution is 2.08. The van der Waals surface area contributed by atoms with Crippen LogP contribution in [0.5, 0.6) is 0 Å². The Kier molecular flexibility index (Phi) is 7.65. The summed E-state index contributed by atoms with van der Waals surface area (Å²) in [5.74, 6) is 5.05. The molecule has 1 atom stereocenters. The molecule has 0 heterocycles. The van der Waals surface area contributed by atoms with Gasteiger partial charge in [0.1, 0.15) is 6.10 Å². The smallest absolute Gasteiger partial charge is 0.221 e. The first kappa shape index (κ1) is 12.8. The Balaban J connectivity index is 4.12. The van der Waals surface area contributed by atoms with Crippen molar-refractivity contribution in [2.24, 2.45) is 0 Å². The Morgan fingerprint density at radius 2 is 1.86 bits per heavy atom. The van der Waals surface area contributed by atoms with E-state index in [1.165, 1.54) is 0 Å². The number of allylic oxidation sites excluding steroid dienone is 2. The van der Waals surface area contributed by atoms with Gasteiger partial charge in [-0.05, 0) is 12.1 Å². The van der Waals surface area contributed by atoms with Crippen molar-refractivity contribution < 1.29 is 4.43 Å². The van der Waals surface area contributed by atoms with Crippen LogP contribution in [0.1, 0.15) is 6.42 Å². The quantitative estimate of drug-likeness (QED) is 0.351. The van der Waals surface area contributed by atoms with Gasteiger partial charge >= 0.3 is 0 Å². The molecule has 2 heteroatoms. The number of rotatable bonds is 7. The molecule has 0 aromatic rings. The molecule has 0 rings (SSSR count). The zero-order valence-electron chi connectivity index (χ0n) is 8.33. The lowest BCUT2D eigenvalue weighted by Crippen LogP contribution is -2.23. The van der Waals surface area contributed by atoms with E-state index in [4.69, 9.17) is 17.3 Å². The molecule has 0 aliphatic rings. The molecule has 1 unspecified atom stereocenters. The number of hydrogen-bond acceptors (Lipinski definition) is 1. The summed E-state index contributed by atoms with van der Waals surface area (Å²) in [4.78, 5) is 0. The largest absolute Gasteiger partial charge is 0.401 e. The average molecular weight is 203 g/mol. The summed E-state index contributed by atoms with van der Waals surface area (Å²) in [6.07, 6.45) is 14.4. The minimum atomic E-state index is -0.953. The summed E-state index contributed by atoms with van der Waals surface area (Å²) >= 11 is 0. The fourth-order valence-corrected chi connectivity index (χ4v) is 2.50. The molecular weight excluding hydrogens is 188 g/mol. The first-order valence-corrected chi connectivity index (χ1v) is 6.23. The van der Waals surface area contributed by atoms with Gasteiger partial charge in [0.25, 0.3) is 0 Å². The summed E-state index contributed by atoms with van der Waals surface area (Å²) in [6, 6.07) is 1.72. The van der Waals surface area contributed by atoms with Crippen LogP contribution in [0.15, 0.2) is 25.3 Å². The molecule has 73 valence electrons. The van der Waals surface area contributed by atoms with Crippen molar-refractivity contribution in [1.29, 1.82) is 0 Å². The standard InChI is InChI=1S/C12H15OSi/c1-5-9-12(8-4)13-14(10-6-2)11-7-3/h1,4,6-7,12H,2-3,9-11H2. The van der Waals surface area contributed by atoms with Gasteiger partial charge in [-0.2, -0.15) is 0 Å². The van der Waals surface area contributed by atoms with Crippen LogP contribution in [-0.2, 0) is 4.43 Å². The second-order valence-electron chi connectivity index (χ2n) is 2.71. The SMILES string of the molecule is C#CCC(C#C)O[Si](CC=C)CC=C. The van der Waals surface area contributed by atoms with Crippen molar-refractivity contribution in [3.05, 3.63) is 25.3 Å². The second-order valence-corrected chi connectivity index (χ2v) is 4.84. The monoisotopic (exact) mass is 203 g/mol. The molecule has 0 spiro atoms. The molecule has 0 fully saturated rings. The Morgan fingerprint density at radius 1 is 1.29 bits per heavy atom. The zero-order chi connectivity index (χ0) is 10.8. The van der Waals surface area contributed by atoms with Gasteiger partial charge in [-0.3, -0.25) is 0 Å². The third-order valence-corrected chi connectivity index (χ3v) is 3.65. The molecule has 0 saturated carbocycles. The molecule has 0 aromatic heterocycles. The van der Waals surface area contributed by atoms with Gasteiger partial charge in [0.2, 0.25) is 9.04 Å². The van der Waals surface area contributed by atoms with Crippen LogP contribution in [0.4, 0.5) is 0 Å². The minimum Gasteiger partial charge on any atom is -0.401 e. The van der Waals surface area contributed by atoms with E-state index in [2.05, 4.69) is 25.0 Å². The molecule has 14 heavy (non-hydrogen) atoms. The maximum atomic E-state index is 5.70. The lowest BCUT2D eigenvalue weighted by atomic mass is 10.3. The lowest BCUT2D eigenvalue weighted by molar-refractivity contribution is 0.267. The van der Waals surface area contributed by atoms with E-state index >= 15 is 0 Å². The molecule has 1 nitrogen and oxygen atoms in total. The summed E-state index contributed by atoms with van der Waals surface area (Å²) in [7, 11) is -0.953. The summed E-state index contributed by atoms with van der Waals surface area (Å²) in [5.41, 5.74) is 0. The molecule has 0 aromatic carbocycles. The van der Waals surface area contributed by atoms with Gasteiger partial charge in [0.05, 0.1) is 0 Å². The Morgan fingerprint density at radius 3 is 2.21 bits per heavy atom. The van der Waals surface area contributed by atoms with Gasteiger partial charge in [0, 0.05) is 6.42 Å². The van der Waals surface area contributed by atoms with Gasteiger partial charge in [-0.25, -0.2) is 0 Å². The van der Waals surface area contributed by atoms with E-state index in [0.29, 0.717) is 6.42 Å². The van der Waals surface area contributed by atoms with Crippen molar-refractivity contribution in [2.75, 3.05) is 0 Å². The topological polar surface area (TPSA) is 9.23 Å². The van der Waals surface area contributed by atoms with E-state index in [0.717, 1.165) is 12.1 Å². The molecule has 0 saturated heterocycles. The van der Waals surface area contributed by atoms with Crippen LogP contribution in [0.3, 0.4) is 0 Å². The van der Waals surface area contributed by atoms with Crippen LogP contribution in [0.2, 0.25) is 12.1 Å². The van der Waals surface area contributed by atoms with Crippen LogP contribution < -0.4 is 0 Å². The van der Waals surface area contributed by atoms with Gasteiger partial charge < -0.3 is 4.43 Å². The normalized spacial score (nSPS) is 11.4. The highest BCUT2D eigenvalue weighted by molar-refractivity contribution is 6.53. The van der Waals surface area contributed by atoms with E-state index in [-0.39, 0.29) is 6.10 Å². The van der Waals surface area contributed by atoms with E-state index in [1.54, 1.807) is 0 Å². The fraction of sp³-hybridized carbons (Fsp3) is 0.333. The van der Waals surface area contributed by atoms with E-state index in [9.17, 15) is 0 Å². The molecular formula is C12H15OSi. The average Bonchev–Trinajstić information content (AvgIpc) is 2.18. The van der Waals surface area contributed by atoms with Crippen LogP contribution in [0, 0.1) is 24.7 Å². The van der Waals surface area contributed by atoms with E-state index < -0.39 is 9.04 Å². The Hall–Kier alpha value is -1.22. The highest BCUT2D eigenvalue weighted by atomic mass is 28.3. The fourth-order valence-electron chi connectivity index (χ4n) is 0.944. The third kappa shape index (κ3) is 5.43. The first-order chi connectivity index (χ1) is 6.78. The van der Waals surface area contributed by atoms with Gasteiger partial charge in [0.15, 0.2) is 0 Å². The first-order valence-electron chi connectivity index (χ1n) is 4.41. The van der Waals surface area contributed by atoms with Crippen LogP contribution >= 0.6 is 0 Å². The maximum Gasteiger partial charge on any atom is 0.221 e.